The number of likely N-dealkylation sites (N-methyl/N-ethyl adjacent to an activating group) is 1. The summed E-state index contributed by atoms with van der Waals surface area (Å²) in [4.78, 5) is 4.55. The first-order chi connectivity index (χ1) is 9.78. The number of nitrogens with zero attached hydrogens (tertiary/aromatic N) is 2. The average Bonchev–Trinajstić information content (AvgIpc) is 3.02. The number of benzene rings is 1. The smallest absolute Gasteiger partial charge is 0.228 e. The highest BCUT2D eigenvalue weighted by Gasteiger charge is 2.38. The van der Waals surface area contributed by atoms with Gasteiger partial charge in [-0.15, -0.1) is 0 Å². The normalized spacial score (nSPS) is 22.7. The van der Waals surface area contributed by atoms with Gasteiger partial charge < -0.3 is 9.84 Å². The molecule has 0 radical (unpaired) electrons. The van der Waals surface area contributed by atoms with Crippen molar-refractivity contribution in [2.24, 2.45) is 5.92 Å². The van der Waals surface area contributed by atoms with Crippen molar-refractivity contribution >= 4 is 0 Å². The van der Waals surface area contributed by atoms with E-state index in [0.717, 1.165) is 24.7 Å². The van der Waals surface area contributed by atoms with Crippen LogP contribution in [0.25, 0.3) is 0 Å². The Morgan fingerprint density at radius 1 is 1.35 bits per heavy atom. The SMILES string of the molecule is CCNC(Cc1nc(C2CC2C)no1)c1ccccc1. The van der Waals surface area contributed by atoms with Crippen molar-refractivity contribution in [3.8, 4) is 0 Å². The third-order valence-corrected chi connectivity index (χ3v) is 3.96. The predicted octanol–water partition coefficient (Wildman–Crippen LogP) is 3.09. The standard InChI is InChI=1S/C16H21N3O/c1-3-17-14(12-7-5-4-6-8-12)10-15-18-16(19-20-15)13-9-11(13)2/h4-8,11,13-14,17H,3,9-10H2,1-2H3. The summed E-state index contributed by atoms with van der Waals surface area (Å²) in [5, 5.41) is 7.60. The van der Waals surface area contributed by atoms with Gasteiger partial charge in [0, 0.05) is 18.4 Å². The van der Waals surface area contributed by atoms with Crippen LogP contribution in [0.5, 0.6) is 0 Å². The Hall–Kier alpha value is -1.68. The van der Waals surface area contributed by atoms with Crippen LogP contribution in [0.2, 0.25) is 0 Å². The Balaban J connectivity index is 1.71. The second kappa shape index (κ2) is 5.75. The van der Waals surface area contributed by atoms with Crippen molar-refractivity contribution in [3.05, 3.63) is 47.6 Å². The molecule has 1 fully saturated rings. The van der Waals surface area contributed by atoms with Crippen molar-refractivity contribution in [1.29, 1.82) is 0 Å². The first kappa shape index (κ1) is 13.3. The number of hydrogen-bond donors (Lipinski definition) is 1. The van der Waals surface area contributed by atoms with Crippen LogP contribution < -0.4 is 5.32 Å². The lowest BCUT2D eigenvalue weighted by molar-refractivity contribution is 0.355. The molecule has 1 N–H and O–H groups in total. The molecule has 2 aromatic rings. The molecular weight excluding hydrogens is 250 g/mol. The van der Waals surface area contributed by atoms with E-state index in [4.69, 9.17) is 4.52 Å². The van der Waals surface area contributed by atoms with Gasteiger partial charge in [-0.3, -0.25) is 0 Å². The van der Waals surface area contributed by atoms with Gasteiger partial charge in [-0.05, 0) is 24.4 Å². The van der Waals surface area contributed by atoms with Gasteiger partial charge in [0.25, 0.3) is 0 Å². The molecule has 3 atom stereocenters. The van der Waals surface area contributed by atoms with Crippen LogP contribution in [-0.2, 0) is 6.42 Å². The van der Waals surface area contributed by atoms with Crippen LogP contribution in [0, 0.1) is 5.92 Å². The monoisotopic (exact) mass is 271 g/mol. The Bertz CT molecular complexity index is 552. The highest BCUT2D eigenvalue weighted by molar-refractivity contribution is 5.20. The fourth-order valence-electron chi connectivity index (χ4n) is 2.60. The summed E-state index contributed by atoms with van der Waals surface area (Å²) in [5.41, 5.74) is 1.26. The fraction of sp³-hybridized carbons (Fsp3) is 0.500. The zero-order valence-electron chi connectivity index (χ0n) is 12.0. The predicted molar refractivity (Wildman–Crippen MR) is 77.4 cm³/mol. The van der Waals surface area contributed by atoms with Crippen molar-refractivity contribution < 1.29 is 4.52 Å². The van der Waals surface area contributed by atoms with Crippen LogP contribution in [0.4, 0.5) is 0 Å². The molecule has 1 saturated carbocycles. The molecule has 106 valence electrons. The summed E-state index contributed by atoms with van der Waals surface area (Å²) in [6.45, 7) is 5.26. The van der Waals surface area contributed by atoms with Gasteiger partial charge in [0.1, 0.15) is 0 Å². The molecule has 1 aliphatic carbocycles. The molecule has 4 nitrogen and oxygen atoms in total. The Morgan fingerprint density at radius 2 is 2.10 bits per heavy atom. The molecule has 1 aromatic heterocycles. The minimum atomic E-state index is 0.228. The first-order valence-electron chi connectivity index (χ1n) is 7.38. The van der Waals surface area contributed by atoms with Gasteiger partial charge in [-0.2, -0.15) is 4.98 Å². The van der Waals surface area contributed by atoms with Gasteiger partial charge in [-0.1, -0.05) is 49.3 Å². The van der Waals surface area contributed by atoms with E-state index >= 15 is 0 Å². The topological polar surface area (TPSA) is 51.0 Å². The molecule has 1 aliphatic rings. The molecule has 3 rings (SSSR count). The Morgan fingerprint density at radius 3 is 2.75 bits per heavy atom. The minimum Gasteiger partial charge on any atom is -0.339 e. The van der Waals surface area contributed by atoms with E-state index in [9.17, 15) is 0 Å². The lowest BCUT2D eigenvalue weighted by Crippen LogP contribution is -2.23. The van der Waals surface area contributed by atoms with E-state index in [-0.39, 0.29) is 6.04 Å². The van der Waals surface area contributed by atoms with Crippen molar-refractivity contribution in [2.75, 3.05) is 6.54 Å². The quantitative estimate of drug-likeness (QED) is 0.877. The molecule has 3 unspecified atom stereocenters. The maximum atomic E-state index is 5.41. The molecule has 0 aliphatic heterocycles. The lowest BCUT2D eigenvalue weighted by Gasteiger charge is -2.16. The average molecular weight is 271 g/mol. The molecule has 20 heavy (non-hydrogen) atoms. The second-order valence-corrected chi connectivity index (χ2v) is 5.59. The zero-order valence-corrected chi connectivity index (χ0v) is 12.0. The minimum absolute atomic E-state index is 0.228. The van der Waals surface area contributed by atoms with Crippen LogP contribution in [-0.4, -0.2) is 16.7 Å². The third kappa shape index (κ3) is 2.90. The van der Waals surface area contributed by atoms with Crippen molar-refractivity contribution in [1.82, 2.24) is 15.5 Å². The molecular formula is C16H21N3O. The van der Waals surface area contributed by atoms with E-state index in [1.807, 2.05) is 6.07 Å². The maximum absolute atomic E-state index is 5.41. The number of rotatable bonds is 6. The summed E-state index contributed by atoms with van der Waals surface area (Å²) in [7, 11) is 0. The summed E-state index contributed by atoms with van der Waals surface area (Å²) >= 11 is 0. The molecule has 0 amide bonds. The lowest BCUT2D eigenvalue weighted by atomic mass is 10.0. The Kier molecular flexibility index (Phi) is 3.83. The highest BCUT2D eigenvalue weighted by atomic mass is 16.5. The fourth-order valence-corrected chi connectivity index (χ4v) is 2.60. The number of nitrogens with one attached hydrogen (secondary N) is 1. The molecule has 1 aromatic carbocycles. The van der Waals surface area contributed by atoms with E-state index in [1.165, 1.54) is 12.0 Å². The molecule has 4 heteroatoms. The maximum Gasteiger partial charge on any atom is 0.228 e. The second-order valence-electron chi connectivity index (χ2n) is 5.59. The van der Waals surface area contributed by atoms with Crippen LogP contribution >= 0.6 is 0 Å². The highest BCUT2D eigenvalue weighted by Crippen LogP contribution is 2.45. The van der Waals surface area contributed by atoms with Gasteiger partial charge >= 0.3 is 0 Å². The van der Waals surface area contributed by atoms with Gasteiger partial charge in [0.2, 0.25) is 5.89 Å². The van der Waals surface area contributed by atoms with E-state index < -0.39 is 0 Å². The molecule has 0 spiro atoms. The summed E-state index contributed by atoms with van der Waals surface area (Å²) in [6, 6.07) is 10.6. The van der Waals surface area contributed by atoms with Crippen molar-refractivity contribution in [3.63, 3.8) is 0 Å². The number of hydrogen-bond acceptors (Lipinski definition) is 4. The third-order valence-electron chi connectivity index (χ3n) is 3.96. The van der Waals surface area contributed by atoms with Crippen LogP contribution in [0.3, 0.4) is 0 Å². The summed E-state index contributed by atoms with van der Waals surface area (Å²) in [6.07, 6.45) is 1.93. The van der Waals surface area contributed by atoms with E-state index in [0.29, 0.717) is 11.8 Å². The molecule has 0 bridgehead atoms. The van der Waals surface area contributed by atoms with Crippen molar-refractivity contribution in [2.45, 2.75) is 38.6 Å². The summed E-state index contributed by atoms with van der Waals surface area (Å²) in [5.74, 6) is 2.84. The number of aromatic nitrogens is 2. The van der Waals surface area contributed by atoms with Crippen LogP contribution in [0.1, 0.15) is 49.5 Å². The van der Waals surface area contributed by atoms with Crippen LogP contribution in [0.15, 0.2) is 34.9 Å². The summed E-state index contributed by atoms with van der Waals surface area (Å²) < 4.78 is 5.41. The first-order valence-corrected chi connectivity index (χ1v) is 7.38. The van der Waals surface area contributed by atoms with Gasteiger partial charge in [0.05, 0.1) is 0 Å². The largest absolute Gasteiger partial charge is 0.339 e. The van der Waals surface area contributed by atoms with E-state index in [2.05, 4.69) is 53.6 Å². The Labute approximate surface area is 119 Å². The van der Waals surface area contributed by atoms with Gasteiger partial charge in [0.15, 0.2) is 5.82 Å². The molecule has 1 heterocycles. The van der Waals surface area contributed by atoms with Gasteiger partial charge in [-0.25, -0.2) is 0 Å². The molecule has 0 saturated heterocycles. The zero-order chi connectivity index (χ0) is 13.9. The van der Waals surface area contributed by atoms with E-state index in [1.54, 1.807) is 0 Å².